The molecule has 7 heteroatoms. The predicted molar refractivity (Wildman–Crippen MR) is 57.3 cm³/mol. The van der Waals surface area contributed by atoms with Gasteiger partial charge in [0, 0.05) is 0 Å². The molecule has 16 heavy (non-hydrogen) atoms. The number of halogens is 1. The SMILES string of the molecule is O=C(O)n1c(=O)[nH]c2c(Cl)cccc2c1=O. The van der Waals surface area contributed by atoms with Gasteiger partial charge in [-0.2, -0.15) is 4.57 Å². The molecular weight excluding hydrogens is 236 g/mol. The van der Waals surface area contributed by atoms with Crippen LogP contribution in [0, 0.1) is 0 Å². The number of nitrogens with one attached hydrogen (secondary N) is 1. The minimum atomic E-state index is -1.63. The Labute approximate surface area is 92.7 Å². The van der Waals surface area contributed by atoms with Gasteiger partial charge in [0.05, 0.1) is 15.9 Å². The number of para-hydroxylation sites is 1. The van der Waals surface area contributed by atoms with Gasteiger partial charge in [-0.15, -0.1) is 0 Å². The highest BCUT2D eigenvalue weighted by atomic mass is 35.5. The molecule has 6 nitrogen and oxygen atoms in total. The zero-order valence-corrected chi connectivity index (χ0v) is 8.49. The van der Waals surface area contributed by atoms with Crippen LogP contribution in [0.5, 0.6) is 0 Å². The molecule has 0 aliphatic rings. The van der Waals surface area contributed by atoms with Gasteiger partial charge in [0.25, 0.3) is 5.56 Å². The third-order valence-corrected chi connectivity index (χ3v) is 2.39. The predicted octanol–water partition coefficient (Wildman–Crippen LogP) is 0.869. The maximum absolute atomic E-state index is 11.6. The van der Waals surface area contributed by atoms with E-state index in [0.717, 1.165) is 0 Å². The summed E-state index contributed by atoms with van der Waals surface area (Å²) in [5.41, 5.74) is -1.80. The van der Waals surface area contributed by atoms with Crippen LogP contribution in [0.2, 0.25) is 5.02 Å². The highest BCUT2D eigenvalue weighted by Crippen LogP contribution is 2.16. The smallest absolute Gasteiger partial charge is 0.422 e. The molecule has 1 aromatic heterocycles. The molecule has 0 bridgehead atoms. The minimum Gasteiger partial charge on any atom is -0.464 e. The lowest BCUT2D eigenvalue weighted by atomic mass is 10.2. The topological polar surface area (TPSA) is 92.2 Å². The highest BCUT2D eigenvalue weighted by Gasteiger charge is 2.13. The Bertz CT molecular complexity index is 701. The first-order valence-electron chi connectivity index (χ1n) is 4.19. The summed E-state index contributed by atoms with van der Waals surface area (Å²) in [7, 11) is 0. The Morgan fingerprint density at radius 1 is 1.38 bits per heavy atom. The number of aromatic nitrogens is 2. The van der Waals surface area contributed by atoms with Crippen molar-refractivity contribution in [1.29, 1.82) is 0 Å². The van der Waals surface area contributed by atoms with Gasteiger partial charge in [0.15, 0.2) is 0 Å². The number of fused-ring (bicyclic) bond motifs is 1. The molecule has 2 N–H and O–H groups in total. The van der Waals surface area contributed by atoms with Crippen LogP contribution >= 0.6 is 11.6 Å². The molecule has 0 spiro atoms. The second kappa shape index (κ2) is 3.49. The maximum atomic E-state index is 11.6. The summed E-state index contributed by atoms with van der Waals surface area (Å²) in [4.78, 5) is 35.9. The third-order valence-electron chi connectivity index (χ3n) is 2.07. The van der Waals surface area contributed by atoms with Gasteiger partial charge < -0.3 is 10.1 Å². The van der Waals surface area contributed by atoms with Gasteiger partial charge >= 0.3 is 11.8 Å². The molecule has 2 aromatic rings. The van der Waals surface area contributed by atoms with E-state index in [1.54, 1.807) is 0 Å². The molecule has 0 atom stereocenters. The van der Waals surface area contributed by atoms with E-state index >= 15 is 0 Å². The third kappa shape index (κ3) is 1.40. The molecule has 0 saturated heterocycles. The van der Waals surface area contributed by atoms with Crippen molar-refractivity contribution in [2.24, 2.45) is 0 Å². The number of hydrogen-bond acceptors (Lipinski definition) is 3. The average molecular weight is 241 g/mol. The van der Waals surface area contributed by atoms with Crippen LogP contribution in [0.25, 0.3) is 10.9 Å². The Morgan fingerprint density at radius 3 is 2.69 bits per heavy atom. The highest BCUT2D eigenvalue weighted by molar-refractivity contribution is 6.34. The Hall–Kier alpha value is -2.08. The fourth-order valence-corrected chi connectivity index (χ4v) is 1.60. The van der Waals surface area contributed by atoms with Crippen molar-refractivity contribution in [2.75, 3.05) is 0 Å². The molecule has 1 heterocycles. The molecule has 0 fully saturated rings. The summed E-state index contributed by atoms with van der Waals surface area (Å²) in [6.07, 6.45) is -1.63. The summed E-state index contributed by atoms with van der Waals surface area (Å²) in [5.74, 6) is 0. The Morgan fingerprint density at radius 2 is 2.06 bits per heavy atom. The Kier molecular flexibility index (Phi) is 2.28. The lowest BCUT2D eigenvalue weighted by molar-refractivity contribution is 0.194. The van der Waals surface area contributed by atoms with E-state index in [0.29, 0.717) is 0 Å². The first kappa shape index (κ1) is 10.4. The molecule has 0 amide bonds. The molecule has 1 aromatic carbocycles. The molecule has 2 rings (SSSR count). The zero-order chi connectivity index (χ0) is 11.9. The van der Waals surface area contributed by atoms with E-state index in [-0.39, 0.29) is 20.5 Å². The van der Waals surface area contributed by atoms with Crippen LogP contribution in [-0.2, 0) is 0 Å². The van der Waals surface area contributed by atoms with Gasteiger partial charge in [0.2, 0.25) is 0 Å². The normalized spacial score (nSPS) is 10.6. The van der Waals surface area contributed by atoms with Crippen LogP contribution in [0.3, 0.4) is 0 Å². The van der Waals surface area contributed by atoms with E-state index in [1.807, 2.05) is 0 Å². The summed E-state index contributed by atoms with van der Waals surface area (Å²) in [6, 6.07) is 4.37. The number of hydrogen-bond donors (Lipinski definition) is 2. The first-order valence-corrected chi connectivity index (χ1v) is 4.57. The van der Waals surface area contributed by atoms with Gasteiger partial charge in [-0.3, -0.25) is 4.79 Å². The lowest BCUT2D eigenvalue weighted by Gasteiger charge is -2.02. The summed E-state index contributed by atoms with van der Waals surface area (Å²) in [5, 5.41) is 8.92. The average Bonchev–Trinajstić information content (AvgIpc) is 2.19. The molecular formula is C9H5ClN2O4. The second-order valence-corrected chi connectivity index (χ2v) is 3.42. The van der Waals surface area contributed by atoms with Gasteiger partial charge in [-0.25, -0.2) is 9.59 Å². The Balaban J connectivity index is 3.07. The maximum Gasteiger partial charge on any atom is 0.422 e. The summed E-state index contributed by atoms with van der Waals surface area (Å²) in [6.45, 7) is 0. The van der Waals surface area contributed by atoms with Crippen molar-refractivity contribution in [3.05, 3.63) is 44.1 Å². The monoisotopic (exact) mass is 240 g/mol. The van der Waals surface area contributed by atoms with Crippen LogP contribution < -0.4 is 11.2 Å². The number of H-pyrrole nitrogens is 1. The zero-order valence-electron chi connectivity index (χ0n) is 7.73. The van der Waals surface area contributed by atoms with Crippen LogP contribution in [-0.4, -0.2) is 20.8 Å². The fourth-order valence-electron chi connectivity index (χ4n) is 1.38. The number of carbonyl (C=O) groups is 1. The summed E-state index contributed by atoms with van der Waals surface area (Å²) >= 11 is 5.77. The van der Waals surface area contributed by atoms with Crippen molar-refractivity contribution in [3.8, 4) is 0 Å². The van der Waals surface area contributed by atoms with Crippen molar-refractivity contribution >= 4 is 28.6 Å². The second-order valence-electron chi connectivity index (χ2n) is 3.02. The molecule has 0 aliphatic carbocycles. The van der Waals surface area contributed by atoms with Crippen molar-refractivity contribution in [1.82, 2.24) is 9.55 Å². The summed E-state index contributed by atoms with van der Waals surface area (Å²) < 4.78 is 0.0959. The number of nitrogens with zero attached hydrogens (tertiary/aromatic N) is 1. The lowest BCUT2D eigenvalue weighted by Crippen LogP contribution is -2.39. The van der Waals surface area contributed by atoms with Gasteiger partial charge in [0.1, 0.15) is 0 Å². The number of rotatable bonds is 0. The first-order chi connectivity index (χ1) is 7.52. The van der Waals surface area contributed by atoms with E-state index in [9.17, 15) is 14.4 Å². The van der Waals surface area contributed by atoms with Crippen molar-refractivity contribution in [3.63, 3.8) is 0 Å². The van der Waals surface area contributed by atoms with Crippen LogP contribution in [0.1, 0.15) is 0 Å². The molecule has 0 aliphatic heterocycles. The van der Waals surface area contributed by atoms with Gasteiger partial charge in [-0.05, 0) is 12.1 Å². The quantitative estimate of drug-likeness (QED) is 0.715. The van der Waals surface area contributed by atoms with E-state index in [4.69, 9.17) is 16.7 Å². The van der Waals surface area contributed by atoms with Crippen LogP contribution in [0.4, 0.5) is 4.79 Å². The van der Waals surface area contributed by atoms with E-state index in [2.05, 4.69) is 4.98 Å². The number of carboxylic acid groups (broad SMARTS) is 1. The standard InChI is InChI=1S/C9H5ClN2O4/c10-5-3-1-2-4-6(5)11-8(14)12(7(4)13)9(15)16/h1-3H,(H,11,14)(H,15,16). The molecule has 0 saturated carbocycles. The van der Waals surface area contributed by atoms with Crippen molar-refractivity contribution in [2.45, 2.75) is 0 Å². The van der Waals surface area contributed by atoms with Crippen molar-refractivity contribution < 1.29 is 9.90 Å². The van der Waals surface area contributed by atoms with Crippen LogP contribution in [0.15, 0.2) is 27.8 Å². The minimum absolute atomic E-state index is 0.0505. The van der Waals surface area contributed by atoms with Gasteiger partial charge in [-0.1, -0.05) is 17.7 Å². The number of aromatic amines is 1. The largest absolute Gasteiger partial charge is 0.464 e. The molecule has 0 radical (unpaired) electrons. The number of benzene rings is 1. The molecule has 82 valence electrons. The van der Waals surface area contributed by atoms with E-state index < -0.39 is 17.3 Å². The molecule has 0 unspecified atom stereocenters. The fraction of sp³-hybridized carbons (Fsp3) is 0. The van der Waals surface area contributed by atoms with E-state index in [1.165, 1.54) is 18.2 Å².